The molecule has 0 aliphatic rings. The number of methoxy groups -OCH3 is 2. The van der Waals surface area contributed by atoms with Crippen LogP contribution >= 0.6 is 0 Å². The molecule has 0 atom stereocenters. The number of aromatic nitrogens is 1. The maximum atomic E-state index is 12.5. The minimum atomic E-state index is -3.62. The molecule has 1 aromatic carbocycles. The molecule has 0 saturated carbocycles. The van der Waals surface area contributed by atoms with Crippen LogP contribution in [0.2, 0.25) is 0 Å². The number of nitrogens with zero attached hydrogens (tertiary/aromatic N) is 1. The highest BCUT2D eigenvalue weighted by Gasteiger charge is 2.22. The van der Waals surface area contributed by atoms with Crippen molar-refractivity contribution in [3.63, 3.8) is 0 Å². The maximum absolute atomic E-state index is 12.5. The van der Waals surface area contributed by atoms with E-state index in [4.69, 9.17) is 15.2 Å². The molecule has 0 spiro atoms. The summed E-state index contributed by atoms with van der Waals surface area (Å²) in [6, 6.07) is 7.92. The smallest absolute Gasteiger partial charge is 0.186 e. The molecule has 1 aromatic heterocycles. The number of ether oxygens (including phenoxy) is 2. The van der Waals surface area contributed by atoms with Crippen LogP contribution in [0.15, 0.2) is 41.4 Å². The van der Waals surface area contributed by atoms with E-state index in [1.807, 2.05) is 0 Å². The van der Waals surface area contributed by atoms with Crippen LogP contribution in [0.4, 0.5) is 5.69 Å². The van der Waals surface area contributed by atoms with E-state index in [-0.39, 0.29) is 22.0 Å². The topological polar surface area (TPSA) is 91.5 Å². The summed E-state index contributed by atoms with van der Waals surface area (Å²) in [4.78, 5) is 4.15. The average molecular weight is 308 g/mol. The van der Waals surface area contributed by atoms with Crippen LogP contribution in [0.1, 0.15) is 5.69 Å². The molecule has 0 aliphatic carbocycles. The predicted octanol–water partition coefficient (Wildman–Crippen LogP) is 1.65. The van der Waals surface area contributed by atoms with E-state index in [1.54, 1.807) is 24.3 Å². The highest BCUT2D eigenvalue weighted by molar-refractivity contribution is 7.90. The molecule has 0 bridgehead atoms. The fraction of sp³-hybridized carbons (Fsp3) is 0.214. The SMILES string of the molecule is COc1ccnc(CS(=O)(=O)c2ccccc2N)c1OC. The van der Waals surface area contributed by atoms with Gasteiger partial charge in [0.25, 0.3) is 0 Å². The maximum Gasteiger partial charge on any atom is 0.186 e. The van der Waals surface area contributed by atoms with Gasteiger partial charge in [0, 0.05) is 12.3 Å². The molecule has 1 heterocycles. The number of anilines is 1. The Balaban J connectivity index is 2.45. The summed E-state index contributed by atoms with van der Waals surface area (Å²) in [6.45, 7) is 0. The van der Waals surface area contributed by atoms with Gasteiger partial charge < -0.3 is 15.2 Å². The van der Waals surface area contributed by atoms with Crippen LogP contribution in [0.5, 0.6) is 11.5 Å². The van der Waals surface area contributed by atoms with Gasteiger partial charge in [-0.3, -0.25) is 4.98 Å². The summed E-state index contributed by atoms with van der Waals surface area (Å²) >= 11 is 0. The minimum Gasteiger partial charge on any atom is -0.493 e. The number of pyridine rings is 1. The Morgan fingerprint density at radius 1 is 1.14 bits per heavy atom. The van der Waals surface area contributed by atoms with Crippen molar-refractivity contribution in [1.29, 1.82) is 0 Å². The first kappa shape index (κ1) is 15.1. The van der Waals surface area contributed by atoms with E-state index in [0.717, 1.165) is 0 Å². The molecule has 2 aromatic rings. The molecule has 2 rings (SSSR count). The lowest BCUT2D eigenvalue weighted by Gasteiger charge is -2.12. The van der Waals surface area contributed by atoms with Crippen LogP contribution in [0.3, 0.4) is 0 Å². The van der Waals surface area contributed by atoms with E-state index in [0.29, 0.717) is 11.5 Å². The zero-order chi connectivity index (χ0) is 15.5. The number of rotatable bonds is 5. The third-order valence-corrected chi connectivity index (χ3v) is 4.64. The van der Waals surface area contributed by atoms with Crippen molar-refractivity contribution in [2.24, 2.45) is 0 Å². The van der Waals surface area contributed by atoms with Gasteiger partial charge in [0.1, 0.15) is 11.4 Å². The van der Waals surface area contributed by atoms with Crippen molar-refractivity contribution in [1.82, 2.24) is 4.98 Å². The van der Waals surface area contributed by atoms with Crippen molar-refractivity contribution >= 4 is 15.5 Å². The summed E-state index contributed by atoms with van der Waals surface area (Å²) in [5.74, 6) is 0.415. The molecule has 6 nitrogen and oxygen atoms in total. The van der Waals surface area contributed by atoms with E-state index >= 15 is 0 Å². The zero-order valence-corrected chi connectivity index (χ0v) is 12.6. The van der Waals surface area contributed by atoms with Gasteiger partial charge in [0.15, 0.2) is 21.3 Å². The monoisotopic (exact) mass is 308 g/mol. The Morgan fingerprint density at radius 2 is 1.86 bits per heavy atom. The minimum absolute atomic E-state index is 0.0803. The Labute approximate surface area is 123 Å². The van der Waals surface area contributed by atoms with E-state index in [2.05, 4.69) is 4.98 Å². The van der Waals surface area contributed by atoms with Crippen molar-refractivity contribution in [2.75, 3.05) is 20.0 Å². The van der Waals surface area contributed by atoms with E-state index in [9.17, 15) is 8.42 Å². The Hall–Kier alpha value is -2.28. The number of para-hydroxylation sites is 1. The third-order valence-electron chi connectivity index (χ3n) is 2.95. The van der Waals surface area contributed by atoms with Gasteiger partial charge in [-0.1, -0.05) is 12.1 Å². The van der Waals surface area contributed by atoms with Crippen LogP contribution in [0.25, 0.3) is 0 Å². The molecule has 0 unspecified atom stereocenters. The van der Waals surface area contributed by atoms with Crippen LogP contribution in [-0.2, 0) is 15.6 Å². The molecule has 7 heteroatoms. The second kappa shape index (κ2) is 6.01. The zero-order valence-electron chi connectivity index (χ0n) is 11.7. The van der Waals surface area contributed by atoms with Gasteiger partial charge in [0.2, 0.25) is 0 Å². The lowest BCUT2D eigenvalue weighted by Crippen LogP contribution is -2.10. The van der Waals surface area contributed by atoms with Gasteiger partial charge in [-0.15, -0.1) is 0 Å². The van der Waals surface area contributed by atoms with Crippen LogP contribution in [-0.4, -0.2) is 27.6 Å². The van der Waals surface area contributed by atoms with Gasteiger partial charge in [-0.2, -0.15) is 0 Å². The quantitative estimate of drug-likeness (QED) is 0.845. The first-order valence-electron chi connectivity index (χ1n) is 6.12. The normalized spacial score (nSPS) is 11.1. The van der Waals surface area contributed by atoms with Gasteiger partial charge >= 0.3 is 0 Å². The first-order valence-corrected chi connectivity index (χ1v) is 7.78. The lowest BCUT2D eigenvalue weighted by molar-refractivity contribution is 0.350. The molecule has 0 amide bonds. The van der Waals surface area contributed by atoms with Crippen molar-refractivity contribution in [2.45, 2.75) is 10.6 Å². The molecule has 0 radical (unpaired) electrons. The Bertz CT molecular complexity index is 744. The number of hydrogen-bond acceptors (Lipinski definition) is 6. The Kier molecular flexibility index (Phi) is 4.32. The highest BCUT2D eigenvalue weighted by atomic mass is 32.2. The summed E-state index contributed by atoms with van der Waals surface area (Å²) in [5, 5.41) is 0. The van der Waals surface area contributed by atoms with Crippen molar-refractivity contribution in [3.8, 4) is 11.5 Å². The summed E-state index contributed by atoms with van der Waals surface area (Å²) < 4.78 is 35.3. The molecule has 0 aliphatic heterocycles. The number of nitrogen functional groups attached to an aromatic ring is 1. The molecule has 21 heavy (non-hydrogen) atoms. The summed E-state index contributed by atoms with van der Waals surface area (Å²) in [6.07, 6.45) is 1.47. The van der Waals surface area contributed by atoms with Crippen molar-refractivity contribution < 1.29 is 17.9 Å². The van der Waals surface area contributed by atoms with E-state index in [1.165, 1.54) is 26.5 Å². The van der Waals surface area contributed by atoms with Gasteiger partial charge in [-0.25, -0.2) is 8.42 Å². The number of hydrogen-bond donors (Lipinski definition) is 1. The third kappa shape index (κ3) is 3.08. The van der Waals surface area contributed by atoms with Gasteiger partial charge in [0.05, 0.1) is 24.8 Å². The summed E-state index contributed by atoms with van der Waals surface area (Å²) in [5.41, 5.74) is 6.22. The second-order valence-electron chi connectivity index (χ2n) is 4.29. The lowest BCUT2D eigenvalue weighted by atomic mass is 10.3. The predicted molar refractivity (Wildman–Crippen MR) is 79.1 cm³/mol. The first-order chi connectivity index (χ1) is 9.99. The fourth-order valence-corrected chi connectivity index (χ4v) is 3.41. The fourth-order valence-electron chi connectivity index (χ4n) is 1.97. The number of nitrogens with two attached hydrogens (primary N) is 1. The highest BCUT2D eigenvalue weighted by Crippen LogP contribution is 2.32. The standard InChI is InChI=1S/C14H16N2O4S/c1-19-12-7-8-16-11(14(12)20-2)9-21(17,18)13-6-4-3-5-10(13)15/h3-8H,9,15H2,1-2H3. The molecular weight excluding hydrogens is 292 g/mol. The largest absolute Gasteiger partial charge is 0.493 e. The van der Waals surface area contributed by atoms with E-state index < -0.39 is 9.84 Å². The van der Waals surface area contributed by atoms with Crippen LogP contribution < -0.4 is 15.2 Å². The number of benzene rings is 1. The molecule has 112 valence electrons. The molecule has 2 N–H and O–H groups in total. The molecule has 0 saturated heterocycles. The van der Waals surface area contributed by atoms with Crippen LogP contribution in [0, 0.1) is 0 Å². The average Bonchev–Trinajstić information content (AvgIpc) is 2.46. The van der Waals surface area contributed by atoms with Crippen molar-refractivity contribution in [3.05, 3.63) is 42.2 Å². The molecule has 0 fully saturated rings. The number of sulfone groups is 1. The Morgan fingerprint density at radius 3 is 2.48 bits per heavy atom. The summed E-state index contributed by atoms with van der Waals surface area (Å²) in [7, 11) is -0.710. The van der Waals surface area contributed by atoms with Gasteiger partial charge in [-0.05, 0) is 12.1 Å². The second-order valence-corrected chi connectivity index (χ2v) is 6.25. The molecular formula is C14H16N2O4S.